The smallest absolute Gasteiger partial charge is 0.303 e. The van der Waals surface area contributed by atoms with Gasteiger partial charge >= 0.3 is 114 Å². The van der Waals surface area contributed by atoms with Crippen LogP contribution < -0.4 is 0 Å². The standard InChI is InChI=1S/C18H37.C4H6O4.Na/c1-3-5-7-9-11-13-15-17-18-16-14-12-10-8-6-4-2;5-3(6)1-2-4(7)8;/h1,3-18H2,2H3;1-2H2,(H,5,6)(H,7,8);. The van der Waals surface area contributed by atoms with Gasteiger partial charge in [-0.25, -0.2) is 0 Å². The summed E-state index contributed by atoms with van der Waals surface area (Å²) in [5, 5.41) is 15.8. The molecule has 0 spiro atoms. The molecule has 0 saturated carbocycles. The molecule has 0 bridgehead atoms. The molecule has 0 aliphatic heterocycles. The number of rotatable bonds is 19. The van der Waals surface area contributed by atoms with Crippen molar-refractivity contribution in [2.75, 3.05) is 0 Å². The summed E-state index contributed by atoms with van der Waals surface area (Å²) in [7, 11) is 0. The third-order valence-electron chi connectivity index (χ3n) is 4.76. The summed E-state index contributed by atoms with van der Waals surface area (Å²) in [5.74, 6) is -2.15. The van der Waals surface area contributed by atoms with E-state index in [-0.39, 0.29) is 12.8 Å². The van der Waals surface area contributed by atoms with Crippen molar-refractivity contribution in [3.05, 3.63) is 0 Å². The average Bonchev–Trinajstić information content (AvgIpc) is 2.64. The van der Waals surface area contributed by atoms with Crippen LogP contribution in [0.1, 0.15) is 122 Å². The zero-order valence-corrected chi connectivity index (χ0v) is 20.1. The Labute approximate surface area is 185 Å². The fraction of sp³-hybridized carbons (Fsp3) is 0.909. The number of carbonyl (C=O) groups is 2. The molecule has 0 aromatic rings. The second-order valence-corrected chi connectivity index (χ2v) is 8.59. The van der Waals surface area contributed by atoms with Gasteiger partial charge in [-0.15, -0.1) is 0 Å². The molecule has 0 heterocycles. The van der Waals surface area contributed by atoms with Gasteiger partial charge in [0, 0.05) is 0 Å². The Balaban J connectivity index is 0. The Kier molecular flexibility index (Phi) is 28.0. The van der Waals surface area contributed by atoms with Gasteiger partial charge in [0.15, 0.2) is 0 Å². The number of aliphatic carboxylic acids is 2. The van der Waals surface area contributed by atoms with Crippen LogP contribution in [0.5, 0.6) is 0 Å². The van der Waals surface area contributed by atoms with Gasteiger partial charge in [-0.05, 0) is 0 Å². The van der Waals surface area contributed by atoms with Crippen molar-refractivity contribution < 1.29 is 19.8 Å². The molecular weight excluding hydrogens is 351 g/mol. The van der Waals surface area contributed by atoms with E-state index in [9.17, 15) is 9.59 Å². The summed E-state index contributed by atoms with van der Waals surface area (Å²) in [4.78, 5) is 19.3. The summed E-state index contributed by atoms with van der Waals surface area (Å²) in [6.07, 6.45) is 23.1. The van der Waals surface area contributed by atoms with Crippen molar-refractivity contribution in [2.45, 2.75) is 126 Å². The Hall–Kier alpha value is -0.0600. The predicted octanol–water partition coefficient (Wildman–Crippen LogP) is 6.77. The van der Waals surface area contributed by atoms with Crippen LogP contribution in [-0.2, 0) is 9.59 Å². The van der Waals surface area contributed by atoms with E-state index in [1.54, 1.807) is 0 Å². The molecule has 27 heavy (non-hydrogen) atoms. The van der Waals surface area contributed by atoms with E-state index in [1.165, 1.54) is 134 Å². The molecule has 0 rings (SSSR count). The molecule has 0 aliphatic rings. The minimum Gasteiger partial charge on any atom is -0.481 e. The number of hydrogen-bond donors (Lipinski definition) is 2. The van der Waals surface area contributed by atoms with Gasteiger partial charge in [0.1, 0.15) is 0 Å². The van der Waals surface area contributed by atoms with Crippen LogP contribution >= 0.6 is 0 Å². The average molecular weight is 395 g/mol. The fourth-order valence-corrected chi connectivity index (χ4v) is 3.51. The van der Waals surface area contributed by atoms with E-state index >= 15 is 0 Å². The Morgan fingerprint density at radius 2 is 0.815 bits per heavy atom. The summed E-state index contributed by atoms with van der Waals surface area (Å²) in [6, 6.07) is 0. The monoisotopic (exact) mass is 394 g/mol. The van der Waals surface area contributed by atoms with Crippen LogP contribution in [0.25, 0.3) is 0 Å². The third-order valence-corrected chi connectivity index (χ3v) is 5.47. The minimum atomic E-state index is -1.08. The van der Waals surface area contributed by atoms with Gasteiger partial charge in [-0.1, -0.05) is 39.0 Å². The zero-order valence-electron chi connectivity index (χ0n) is 18.1. The molecule has 0 fully saturated rings. The molecule has 0 aromatic carbocycles. The molecule has 156 valence electrons. The molecule has 0 atom stereocenters. The first-order valence-electron chi connectivity index (χ1n) is 11.5. The number of carboxylic acids is 2. The van der Waals surface area contributed by atoms with Crippen molar-refractivity contribution in [2.24, 2.45) is 0 Å². The maximum atomic E-state index is 9.64. The van der Waals surface area contributed by atoms with Gasteiger partial charge in [-0.2, -0.15) is 0 Å². The first kappa shape index (κ1) is 29.1. The molecule has 0 saturated heterocycles. The van der Waals surface area contributed by atoms with Crippen LogP contribution in [0.4, 0.5) is 0 Å². The number of unbranched alkanes of at least 4 members (excludes halogenated alkanes) is 15. The number of hydrogen-bond acceptors (Lipinski definition) is 2. The molecule has 0 amide bonds. The van der Waals surface area contributed by atoms with E-state index in [0.717, 1.165) is 0 Å². The van der Waals surface area contributed by atoms with Crippen LogP contribution in [0.15, 0.2) is 0 Å². The fourth-order valence-electron chi connectivity index (χ4n) is 3.01. The van der Waals surface area contributed by atoms with Crippen LogP contribution in [-0.4, -0.2) is 50.1 Å². The zero-order chi connectivity index (χ0) is 20.6. The van der Waals surface area contributed by atoms with E-state index < -0.39 is 11.9 Å². The molecule has 0 aliphatic carbocycles. The summed E-state index contributed by atoms with van der Waals surface area (Å²) in [6.45, 7) is 2.30. The van der Waals surface area contributed by atoms with Crippen LogP contribution in [0.2, 0.25) is 3.67 Å². The topological polar surface area (TPSA) is 74.6 Å². The first-order chi connectivity index (χ1) is 13.0. The SMILES string of the molecule is CCCCCCCCCCCCCCCCC[CH2][Na].O=C(O)CCC(=O)O. The molecule has 0 aromatic heterocycles. The largest absolute Gasteiger partial charge is 0.481 e. The van der Waals surface area contributed by atoms with Crippen LogP contribution in [0, 0.1) is 0 Å². The van der Waals surface area contributed by atoms with Crippen molar-refractivity contribution in [3.63, 3.8) is 0 Å². The Bertz CT molecular complexity index is 291. The summed E-state index contributed by atoms with van der Waals surface area (Å²) in [5.41, 5.74) is 0. The predicted molar refractivity (Wildman–Crippen MR) is 115 cm³/mol. The Morgan fingerprint density at radius 1 is 0.556 bits per heavy atom. The molecule has 4 nitrogen and oxygen atoms in total. The number of carboxylic acid groups (broad SMARTS) is 2. The quantitative estimate of drug-likeness (QED) is 0.187. The maximum absolute atomic E-state index is 9.64. The van der Waals surface area contributed by atoms with Gasteiger partial charge in [0.2, 0.25) is 0 Å². The molecule has 2 N–H and O–H groups in total. The van der Waals surface area contributed by atoms with Gasteiger partial charge < -0.3 is 10.2 Å². The van der Waals surface area contributed by atoms with Crippen LogP contribution in [0.3, 0.4) is 0 Å². The van der Waals surface area contributed by atoms with Crippen molar-refractivity contribution in [1.29, 1.82) is 0 Å². The van der Waals surface area contributed by atoms with Gasteiger partial charge in [0.05, 0.1) is 12.8 Å². The van der Waals surface area contributed by atoms with Gasteiger partial charge in [0.25, 0.3) is 0 Å². The normalized spacial score (nSPS) is 10.3. The van der Waals surface area contributed by atoms with Crippen molar-refractivity contribution in [1.82, 2.24) is 0 Å². The van der Waals surface area contributed by atoms with Gasteiger partial charge in [-0.3, -0.25) is 9.59 Å². The first-order valence-corrected chi connectivity index (χ1v) is 12.9. The van der Waals surface area contributed by atoms with E-state index in [0.29, 0.717) is 0 Å². The van der Waals surface area contributed by atoms with E-state index in [2.05, 4.69) is 6.92 Å². The summed E-state index contributed by atoms with van der Waals surface area (Å²) >= 11 is 1.41. The van der Waals surface area contributed by atoms with E-state index in [1.807, 2.05) is 0 Å². The second kappa shape index (κ2) is 25.9. The molecule has 5 heteroatoms. The maximum Gasteiger partial charge on any atom is 0.303 e. The molecular formula is C22H43NaO4. The minimum absolute atomic E-state index is 0.296. The van der Waals surface area contributed by atoms with E-state index in [4.69, 9.17) is 10.2 Å². The second-order valence-electron chi connectivity index (χ2n) is 7.59. The molecule has 0 unspecified atom stereocenters. The summed E-state index contributed by atoms with van der Waals surface area (Å²) < 4.78 is 1.51. The third kappa shape index (κ3) is 33.9. The Morgan fingerprint density at radius 3 is 1.04 bits per heavy atom. The molecule has 0 radical (unpaired) electrons. The van der Waals surface area contributed by atoms with Crippen molar-refractivity contribution >= 4 is 39.9 Å². The van der Waals surface area contributed by atoms with Crippen molar-refractivity contribution in [3.8, 4) is 0 Å².